The Kier molecular flexibility index (Phi) is 4.91. The van der Waals surface area contributed by atoms with Crippen LogP contribution >= 0.6 is 0 Å². The third kappa shape index (κ3) is 3.60. The number of methoxy groups -OCH3 is 1. The lowest BCUT2D eigenvalue weighted by molar-refractivity contribution is -0.114. The van der Waals surface area contributed by atoms with Crippen molar-refractivity contribution in [3.63, 3.8) is 0 Å². The van der Waals surface area contributed by atoms with Gasteiger partial charge in [0.2, 0.25) is 5.91 Å². The number of anilines is 2. The zero-order valence-electron chi connectivity index (χ0n) is 17.5. The zero-order chi connectivity index (χ0) is 22.1. The smallest absolute Gasteiger partial charge is 0.243 e. The Morgan fingerprint density at radius 1 is 1.06 bits per heavy atom. The van der Waals surface area contributed by atoms with Crippen molar-refractivity contribution in [2.75, 3.05) is 24.3 Å². The van der Waals surface area contributed by atoms with Crippen LogP contribution in [-0.4, -0.2) is 39.8 Å². The summed E-state index contributed by atoms with van der Waals surface area (Å²) >= 11 is 0. The Bertz CT molecular complexity index is 1440. The van der Waals surface area contributed by atoms with Gasteiger partial charge >= 0.3 is 0 Å². The summed E-state index contributed by atoms with van der Waals surface area (Å²) in [5.41, 5.74) is 3.58. The summed E-state index contributed by atoms with van der Waals surface area (Å²) in [6, 6.07) is 19.0. The lowest BCUT2D eigenvalue weighted by atomic mass is 10.1. The van der Waals surface area contributed by atoms with Crippen LogP contribution in [0.3, 0.4) is 0 Å². The number of hydrogen-bond donors (Lipinski definition) is 2. The van der Waals surface area contributed by atoms with Crippen LogP contribution in [0.15, 0.2) is 65.1 Å². The standard InChI is InChI=1S/C23H20N6O3/c1-14-26-27-28-29(14)16-7-5-6-15(10-16)24-13-23(30)25-19-12-21-18(11-22(19)31-2)17-8-3-4-9-20(17)32-21/h3-12,24H,13H2,1-2H3,(H,25,30). The zero-order valence-corrected chi connectivity index (χ0v) is 17.5. The third-order valence-electron chi connectivity index (χ3n) is 5.14. The minimum Gasteiger partial charge on any atom is -0.495 e. The molecule has 0 saturated heterocycles. The second kappa shape index (κ2) is 8.03. The summed E-state index contributed by atoms with van der Waals surface area (Å²) < 4.78 is 13.0. The first-order valence-corrected chi connectivity index (χ1v) is 10.0. The van der Waals surface area contributed by atoms with Crippen molar-refractivity contribution in [3.8, 4) is 11.4 Å². The monoisotopic (exact) mass is 428 g/mol. The van der Waals surface area contributed by atoms with Gasteiger partial charge in [0.25, 0.3) is 0 Å². The molecule has 0 bridgehead atoms. The normalized spacial score (nSPS) is 11.1. The molecule has 0 aliphatic heterocycles. The molecule has 2 aromatic heterocycles. The fraction of sp³-hybridized carbons (Fsp3) is 0.130. The van der Waals surface area contributed by atoms with E-state index in [2.05, 4.69) is 26.2 Å². The number of fused-ring (bicyclic) bond motifs is 3. The average Bonchev–Trinajstić information content (AvgIpc) is 3.40. The Morgan fingerprint density at radius 3 is 2.75 bits per heavy atom. The summed E-state index contributed by atoms with van der Waals surface area (Å²) in [5.74, 6) is 1.02. The van der Waals surface area contributed by atoms with Gasteiger partial charge in [-0.3, -0.25) is 4.79 Å². The maximum Gasteiger partial charge on any atom is 0.243 e. The molecule has 0 fully saturated rings. The second-order valence-corrected chi connectivity index (χ2v) is 7.24. The SMILES string of the molecule is COc1cc2c(cc1NC(=O)CNc1cccc(-n3nnnc3C)c1)oc1ccccc12. The van der Waals surface area contributed by atoms with Gasteiger partial charge in [-0.2, -0.15) is 4.68 Å². The number of furan rings is 1. The van der Waals surface area contributed by atoms with E-state index >= 15 is 0 Å². The van der Waals surface area contributed by atoms with Crippen LogP contribution < -0.4 is 15.4 Å². The van der Waals surface area contributed by atoms with Crippen LogP contribution in [0.25, 0.3) is 27.6 Å². The van der Waals surface area contributed by atoms with E-state index < -0.39 is 0 Å². The summed E-state index contributed by atoms with van der Waals surface area (Å²) in [7, 11) is 1.57. The largest absolute Gasteiger partial charge is 0.495 e. The number of carbonyl (C=O) groups is 1. The Hall–Kier alpha value is -4.40. The molecule has 0 radical (unpaired) electrons. The fourth-order valence-electron chi connectivity index (χ4n) is 3.61. The molecule has 0 unspecified atom stereocenters. The quantitative estimate of drug-likeness (QED) is 0.422. The average molecular weight is 428 g/mol. The van der Waals surface area contributed by atoms with Gasteiger partial charge in [0.1, 0.15) is 16.9 Å². The molecule has 5 rings (SSSR count). The van der Waals surface area contributed by atoms with Gasteiger partial charge in [0.05, 0.1) is 25.0 Å². The Balaban J connectivity index is 1.33. The molecule has 5 aromatic rings. The number of aryl methyl sites for hydroxylation is 1. The van der Waals surface area contributed by atoms with Gasteiger partial charge < -0.3 is 19.8 Å². The van der Waals surface area contributed by atoms with Crippen LogP contribution in [-0.2, 0) is 4.79 Å². The number of carbonyl (C=O) groups excluding carboxylic acids is 1. The minimum absolute atomic E-state index is 0.0688. The maximum absolute atomic E-state index is 12.6. The number of nitrogens with zero attached hydrogens (tertiary/aromatic N) is 4. The van der Waals surface area contributed by atoms with E-state index in [0.29, 0.717) is 22.8 Å². The molecule has 0 atom stereocenters. The number of hydrogen-bond acceptors (Lipinski definition) is 7. The highest BCUT2D eigenvalue weighted by atomic mass is 16.5. The topological polar surface area (TPSA) is 107 Å². The molecule has 0 spiro atoms. The number of para-hydroxylation sites is 1. The van der Waals surface area contributed by atoms with Gasteiger partial charge in [-0.05, 0) is 47.7 Å². The van der Waals surface area contributed by atoms with Crippen LogP contribution in [0.1, 0.15) is 5.82 Å². The summed E-state index contributed by atoms with van der Waals surface area (Å²) in [6.07, 6.45) is 0. The van der Waals surface area contributed by atoms with Crippen molar-refractivity contribution in [1.29, 1.82) is 0 Å². The molecule has 9 nitrogen and oxygen atoms in total. The minimum atomic E-state index is -0.220. The third-order valence-corrected chi connectivity index (χ3v) is 5.14. The Morgan fingerprint density at radius 2 is 1.94 bits per heavy atom. The number of tetrazole rings is 1. The first-order chi connectivity index (χ1) is 15.6. The van der Waals surface area contributed by atoms with Gasteiger partial charge in [0.15, 0.2) is 5.82 Å². The van der Waals surface area contributed by atoms with E-state index in [1.165, 1.54) is 0 Å². The molecular formula is C23H20N6O3. The summed E-state index contributed by atoms with van der Waals surface area (Å²) in [6.45, 7) is 1.89. The molecule has 1 amide bonds. The number of rotatable bonds is 6. The number of nitrogens with one attached hydrogen (secondary N) is 2. The van der Waals surface area contributed by atoms with Crippen molar-refractivity contribution >= 4 is 39.2 Å². The van der Waals surface area contributed by atoms with E-state index in [0.717, 1.165) is 27.7 Å². The van der Waals surface area contributed by atoms with E-state index in [-0.39, 0.29) is 12.5 Å². The predicted molar refractivity (Wildman–Crippen MR) is 121 cm³/mol. The second-order valence-electron chi connectivity index (χ2n) is 7.24. The van der Waals surface area contributed by atoms with Crippen molar-refractivity contribution in [2.24, 2.45) is 0 Å². The molecule has 2 heterocycles. The van der Waals surface area contributed by atoms with Crippen molar-refractivity contribution in [2.45, 2.75) is 6.92 Å². The van der Waals surface area contributed by atoms with Gasteiger partial charge in [-0.25, -0.2) is 0 Å². The first kappa shape index (κ1) is 19.6. The maximum atomic E-state index is 12.6. The molecule has 0 aliphatic rings. The fourth-order valence-corrected chi connectivity index (χ4v) is 3.61. The van der Waals surface area contributed by atoms with Crippen molar-refractivity contribution < 1.29 is 13.9 Å². The number of amides is 1. The predicted octanol–water partition coefficient (Wildman–Crippen LogP) is 3.93. The molecule has 3 aromatic carbocycles. The molecule has 160 valence electrons. The molecule has 2 N–H and O–H groups in total. The lowest BCUT2D eigenvalue weighted by Crippen LogP contribution is -2.22. The van der Waals surface area contributed by atoms with Crippen LogP contribution in [0.4, 0.5) is 11.4 Å². The van der Waals surface area contributed by atoms with E-state index in [4.69, 9.17) is 9.15 Å². The first-order valence-electron chi connectivity index (χ1n) is 10.0. The van der Waals surface area contributed by atoms with Gasteiger partial charge in [-0.15, -0.1) is 5.10 Å². The van der Waals surface area contributed by atoms with E-state index in [1.807, 2.05) is 61.5 Å². The number of benzene rings is 3. The van der Waals surface area contributed by atoms with Crippen LogP contribution in [0, 0.1) is 6.92 Å². The number of aromatic nitrogens is 4. The van der Waals surface area contributed by atoms with Crippen molar-refractivity contribution in [1.82, 2.24) is 20.2 Å². The van der Waals surface area contributed by atoms with Gasteiger partial charge in [-0.1, -0.05) is 24.3 Å². The van der Waals surface area contributed by atoms with Crippen LogP contribution in [0.5, 0.6) is 5.75 Å². The van der Waals surface area contributed by atoms with Crippen LogP contribution in [0.2, 0.25) is 0 Å². The summed E-state index contributed by atoms with van der Waals surface area (Å²) in [5, 5.41) is 19.5. The van der Waals surface area contributed by atoms with Crippen molar-refractivity contribution in [3.05, 3.63) is 66.5 Å². The highest BCUT2D eigenvalue weighted by Crippen LogP contribution is 2.36. The Labute approximate surface area is 183 Å². The molecule has 0 saturated carbocycles. The van der Waals surface area contributed by atoms with E-state index in [1.54, 1.807) is 17.9 Å². The van der Waals surface area contributed by atoms with E-state index in [9.17, 15) is 4.79 Å². The molecular weight excluding hydrogens is 408 g/mol. The number of ether oxygens (including phenoxy) is 1. The van der Waals surface area contributed by atoms with Gasteiger partial charge in [0, 0.05) is 22.5 Å². The molecule has 0 aliphatic carbocycles. The molecule has 9 heteroatoms. The molecule has 32 heavy (non-hydrogen) atoms. The summed E-state index contributed by atoms with van der Waals surface area (Å²) in [4.78, 5) is 12.6. The highest BCUT2D eigenvalue weighted by Gasteiger charge is 2.14. The lowest BCUT2D eigenvalue weighted by Gasteiger charge is -2.12. The highest BCUT2D eigenvalue weighted by molar-refractivity contribution is 6.08.